The Morgan fingerprint density at radius 2 is 1.95 bits per heavy atom. The lowest BCUT2D eigenvalue weighted by atomic mass is 9.97. The number of phenolic OH excluding ortho intramolecular Hbond substituents is 1. The molecule has 0 unspecified atom stereocenters. The Morgan fingerprint density at radius 3 is 2.58 bits per heavy atom. The summed E-state index contributed by atoms with van der Waals surface area (Å²) < 4.78 is 5.89. The minimum Gasteiger partial charge on any atom is -0.504 e. The van der Waals surface area contributed by atoms with Crippen LogP contribution in [0.25, 0.3) is 0 Å². The molecule has 1 amide bonds. The van der Waals surface area contributed by atoms with Crippen molar-refractivity contribution < 1.29 is 14.6 Å². The van der Waals surface area contributed by atoms with Gasteiger partial charge in [-0.1, -0.05) is 12.5 Å². The molecule has 0 spiro atoms. The summed E-state index contributed by atoms with van der Waals surface area (Å²) in [6, 6.07) is 4.92. The fraction of sp³-hybridized carbons (Fsp3) is 0.533. The first-order valence-electron chi connectivity index (χ1n) is 6.80. The van der Waals surface area contributed by atoms with Crippen molar-refractivity contribution in [1.29, 1.82) is 0 Å². The van der Waals surface area contributed by atoms with E-state index in [4.69, 9.17) is 4.74 Å². The number of ether oxygens (including phenoxy) is 1. The molecular weight excluding hydrogens is 242 g/mol. The normalized spacial score (nSPS) is 16.1. The van der Waals surface area contributed by atoms with Crippen molar-refractivity contribution in [2.45, 2.75) is 38.2 Å². The fourth-order valence-corrected chi connectivity index (χ4v) is 2.41. The molecule has 104 valence electrons. The van der Waals surface area contributed by atoms with Crippen LogP contribution >= 0.6 is 0 Å². The van der Waals surface area contributed by atoms with Crippen molar-refractivity contribution in [3.05, 3.63) is 23.8 Å². The maximum absolute atomic E-state index is 12.1. The van der Waals surface area contributed by atoms with Gasteiger partial charge < -0.3 is 14.7 Å². The average Bonchev–Trinajstić information content (AvgIpc) is 2.41. The van der Waals surface area contributed by atoms with E-state index in [0.717, 1.165) is 25.7 Å². The van der Waals surface area contributed by atoms with Crippen LogP contribution in [0.4, 0.5) is 0 Å². The number of carbonyl (C=O) groups excluding carboxylic acids is 1. The summed E-state index contributed by atoms with van der Waals surface area (Å²) >= 11 is 0. The van der Waals surface area contributed by atoms with E-state index in [9.17, 15) is 9.90 Å². The second kappa shape index (κ2) is 5.95. The molecule has 0 atom stereocenters. The number of hydrogen-bond acceptors (Lipinski definition) is 3. The Bertz CT molecular complexity index is 451. The monoisotopic (exact) mass is 263 g/mol. The van der Waals surface area contributed by atoms with E-state index in [0.29, 0.717) is 11.3 Å². The average molecular weight is 263 g/mol. The van der Waals surface area contributed by atoms with Crippen LogP contribution in [0.15, 0.2) is 18.2 Å². The third-order valence-corrected chi connectivity index (χ3v) is 3.47. The smallest absolute Gasteiger partial charge is 0.257 e. The zero-order valence-corrected chi connectivity index (χ0v) is 11.6. The summed E-state index contributed by atoms with van der Waals surface area (Å²) in [5.74, 6) is 0.216. The maximum atomic E-state index is 12.1. The predicted octanol–water partition coefficient (Wildman–Crippen LogP) is 2.81. The second-order valence-corrected chi connectivity index (χ2v) is 5.23. The Morgan fingerprint density at radius 1 is 1.26 bits per heavy atom. The number of hydrogen-bond donors (Lipinski definition) is 1. The number of nitrogens with zero attached hydrogens (tertiary/aromatic N) is 1. The van der Waals surface area contributed by atoms with E-state index in [2.05, 4.69) is 0 Å². The molecule has 0 radical (unpaired) electrons. The molecule has 1 aromatic rings. The molecule has 19 heavy (non-hydrogen) atoms. The van der Waals surface area contributed by atoms with Crippen LogP contribution in [0, 0.1) is 0 Å². The third kappa shape index (κ3) is 3.19. The van der Waals surface area contributed by atoms with E-state index in [1.807, 2.05) is 0 Å². The first kappa shape index (κ1) is 13.7. The first-order chi connectivity index (χ1) is 9.09. The van der Waals surface area contributed by atoms with Crippen molar-refractivity contribution in [3.63, 3.8) is 0 Å². The molecule has 0 saturated heterocycles. The summed E-state index contributed by atoms with van der Waals surface area (Å²) in [4.78, 5) is 13.6. The number of aromatic hydroxyl groups is 1. The van der Waals surface area contributed by atoms with Gasteiger partial charge in [0.1, 0.15) is 0 Å². The maximum Gasteiger partial charge on any atom is 0.257 e. The van der Waals surface area contributed by atoms with E-state index in [1.54, 1.807) is 32.3 Å². The molecule has 1 aliphatic rings. The van der Waals surface area contributed by atoms with Crippen molar-refractivity contribution in [1.82, 2.24) is 4.90 Å². The molecule has 1 N–H and O–H groups in total. The lowest BCUT2D eigenvalue weighted by Crippen LogP contribution is -2.25. The van der Waals surface area contributed by atoms with Gasteiger partial charge in [-0.05, 0) is 37.8 Å². The van der Waals surface area contributed by atoms with E-state index in [-0.39, 0.29) is 17.8 Å². The fourth-order valence-electron chi connectivity index (χ4n) is 2.41. The predicted molar refractivity (Wildman–Crippen MR) is 73.6 cm³/mol. The van der Waals surface area contributed by atoms with Crippen molar-refractivity contribution in [2.24, 2.45) is 0 Å². The van der Waals surface area contributed by atoms with Gasteiger partial charge in [0.25, 0.3) is 5.91 Å². The molecule has 1 saturated carbocycles. The Labute approximate surface area is 114 Å². The minimum absolute atomic E-state index is 0.0401. The van der Waals surface area contributed by atoms with Gasteiger partial charge in [0, 0.05) is 14.1 Å². The van der Waals surface area contributed by atoms with Crippen LogP contribution in [0.5, 0.6) is 11.5 Å². The quantitative estimate of drug-likeness (QED) is 0.912. The SMILES string of the molecule is CN(C)C(=O)c1cccc(O)c1OC1CCCCC1. The Kier molecular flexibility index (Phi) is 4.30. The number of benzene rings is 1. The lowest BCUT2D eigenvalue weighted by Gasteiger charge is -2.25. The van der Waals surface area contributed by atoms with E-state index < -0.39 is 0 Å². The van der Waals surface area contributed by atoms with Gasteiger partial charge >= 0.3 is 0 Å². The highest BCUT2D eigenvalue weighted by Gasteiger charge is 2.22. The highest BCUT2D eigenvalue weighted by atomic mass is 16.5. The van der Waals surface area contributed by atoms with Gasteiger partial charge in [-0.25, -0.2) is 0 Å². The summed E-state index contributed by atoms with van der Waals surface area (Å²) in [5, 5.41) is 9.96. The topological polar surface area (TPSA) is 49.8 Å². The summed E-state index contributed by atoms with van der Waals surface area (Å²) in [6.45, 7) is 0. The zero-order valence-electron chi connectivity index (χ0n) is 11.6. The standard InChI is InChI=1S/C15H21NO3/c1-16(2)15(18)12-9-6-10-13(17)14(12)19-11-7-4-3-5-8-11/h6,9-11,17H,3-5,7-8H2,1-2H3. The molecule has 2 rings (SSSR count). The molecule has 0 aliphatic heterocycles. The molecule has 0 bridgehead atoms. The molecule has 4 heteroatoms. The Hall–Kier alpha value is -1.71. The number of amides is 1. The third-order valence-electron chi connectivity index (χ3n) is 3.47. The molecule has 1 aliphatic carbocycles. The molecule has 0 aromatic heterocycles. The van der Waals surface area contributed by atoms with Gasteiger partial charge in [0.15, 0.2) is 11.5 Å². The van der Waals surface area contributed by atoms with Gasteiger partial charge in [-0.15, -0.1) is 0 Å². The lowest BCUT2D eigenvalue weighted by molar-refractivity contribution is 0.0814. The van der Waals surface area contributed by atoms with E-state index >= 15 is 0 Å². The van der Waals surface area contributed by atoms with Crippen LogP contribution in [0.3, 0.4) is 0 Å². The van der Waals surface area contributed by atoms with Crippen LogP contribution in [0.1, 0.15) is 42.5 Å². The first-order valence-corrected chi connectivity index (χ1v) is 6.80. The molecule has 0 heterocycles. The number of para-hydroxylation sites is 1. The number of phenols is 1. The zero-order chi connectivity index (χ0) is 13.8. The van der Waals surface area contributed by atoms with Crippen molar-refractivity contribution in [3.8, 4) is 11.5 Å². The molecule has 1 aromatic carbocycles. The Balaban J connectivity index is 2.24. The van der Waals surface area contributed by atoms with Gasteiger partial charge in [-0.2, -0.15) is 0 Å². The van der Waals surface area contributed by atoms with Crippen molar-refractivity contribution in [2.75, 3.05) is 14.1 Å². The van der Waals surface area contributed by atoms with Gasteiger partial charge in [0.05, 0.1) is 11.7 Å². The van der Waals surface area contributed by atoms with Crippen molar-refractivity contribution >= 4 is 5.91 Å². The second-order valence-electron chi connectivity index (χ2n) is 5.23. The minimum atomic E-state index is -0.151. The van der Waals surface area contributed by atoms with Crippen LogP contribution in [0.2, 0.25) is 0 Å². The number of carbonyl (C=O) groups is 1. The van der Waals surface area contributed by atoms with Gasteiger partial charge in [-0.3, -0.25) is 4.79 Å². The highest BCUT2D eigenvalue weighted by molar-refractivity contribution is 5.97. The highest BCUT2D eigenvalue weighted by Crippen LogP contribution is 2.34. The van der Waals surface area contributed by atoms with Crippen LogP contribution < -0.4 is 4.74 Å². The van der Waals surface area contributed by atoms with Gasteiger partial charge in [0.2, 0.25) is 0 Å². The molecule has 4 nitrogen and oxygen atoms in total. The van der Waals surface area contributed by atoms with Crippen LogP contribution in [-0.2, 0) is 0 Å². The van der Waals surface area contributed by atoms with E-state index in [1.165, 1.54) is 11.3 Å². The largest absolute Gasteiger partial charge is 0.504 e. The van der Waals surface area contributed by atoms with Crippen LogP contribution in [-0.4, -0.2) is 36.1 Å². The summed E-state index contributed by atoms with van der Waals surface area (Å²) in [6.07, 6.45) is 5.62. The summed E-state index contributed by atoms with van der Waals surface area (Å²) in [7, 11) is 3.38. The molecular formula is C15H21NO3. The molecule has 1 fully saturated rings. The number of rotatable bonds is 3. The summed E-state index contributed by atoms with van der Waals surface area (Å²) in [5.41, 5.74) is 0.426.